The van der Waals surface area contributed by atoms with Gasteiger partial charge in [-0.1, -0.05) is 6.07 Å². The molecule has 0 saturated heterocycles. The molecule has 0 radical (unpaired) electrons. The van der Waals surface area contributed by atoms with Crippen LogP contribution >= 0.6 is 0 Å². The Labute approximate surface area is 106 Å². The van der Waals surface area contributed by atoms with Gasteiger partial charge >= 0.3 is 0 Å². The smallest absolute Gasteiger partial charge is 0.251 e. The summed E-state index contributed by atoms with van der Waals surface area (Å²) in [5.41, 5.74) is 1.57. The van der Waals surface area contributed by atoms with Crippen molar-refractivity contribution >= 4 is 5.91 Å². The standard InChI is InChI=1S/C14H15NO3/c1-10-5-6-11(8-13(10)17-2)14(16)15-9-12-4-3-7-18-12/h3-8H,9H2,1-2H3,(H,15,16). The van der Waals surface area contributed by atoms with Gasteiger partial charge in [-0.05, 0) is 36.8 Å². The molecule has 0 aliphatic heterocycles. The highest BCUT2D eigenvalue weighted by atomic mass is 16.5. The van der Waals surface area contributed by atoms with Gasteiger partial charge in [0.05, 0.1) is 19.9 Å². The van der Waals surface area contributed by atoms with Crippen molar-refractivity contribution in [3.8, 4) is 5.75 Å². The van der Waals surface area contributed by atoms with Crippen LogP contribution in [0, 0.1) is 6.92 Å². The lowest BCUT2D eigenvalue weighted by Gasteiger charge is -2.07. The van der Waals surface area contributed by atoms with E-state index < -0.39 is 0 Å². The predicted molar refractivity (Wildman–Crippen MR) is 67.6 cm³/mol. The van der Waals surface area contributed by atoms with E-state index in [9.17, 15) is 4.79 Å². The molecule has 0 spiro atoms. The summed E-state index contributed by atoms with van der Waals surface area (Å²) >= 11 is 0. The first-order chi connectivity index (χ1) is 8.70. The number of nitrogens with one attached hydrogen (secondary N) is 1. The molecule has 4 nitrogen and oxygen atoms in total. The highest BCUT2D eigenvalue weighted by Crippen LogP contribution is 2.18. The van der Waals surface area contributed by atoms with Crippen LogP contribution in [0.4, 0.5) is 0 Å². The van der Waals surface area contributed by atoms with Gasteiger partial charge in [0.15, 0.2) is 0 Å². The molecule has 1 heterocycles. The molecule has 2 aromatic rings. The molecular weight excluding hydrogens is 230 g/mol. The summed E-state index contributed by atoms with van der Waals surface area (Å²) in [5, 5.41) is 2.78. The van der Waals surface area contributed by atoms with E-state index in [0.29, 0.717) is 17.9 Å². The van der Waals surface area contributed by atoms with Crippen molar-refractivity contribution in [2.24, 2.45) is 0 Å². The lowest BCUT2D eigenvalue weighted by atomic mass is 10.1. The lowest BCUT2D eigenvalue weighted by molar-refractivity contribution is 0.0947. The SMILES string of the molecule is COc1cc(C(=O)NCc2ccco2)ccc1C. The second kappa shape index (κ2) is 5.40. The minimum Gasteiger partial charge on any atom is -0.496 e. The molecule has 1 aromatic carbocycles. The van der Waals surface area contributed by atoms with E-state index in [1.165, 1.54) is 0 Å². The van der Waals surface area contributed by atoms with E-state index in [-0.39, 0.29) is 5.91 Å². The number of methoxy groups -OCH3 is 1. The number of hydrogen-bond donors (Lipinski definition) is 1. The molecule has 0 fully saturated rings. The molecule has 0 atom stereocenters. The van der Waals surface area contributed by atoms with Crippen LogP contribution in [0.15, 0.2) is 41.0 Å². The average Bonchev–Trinajstić information content (AvgIpc) is 2.89. The van der Waals surface area contributed by atoms with Gasteiger partial charge in [0.2, 0.25) is 0 Å². The molecule has 1 N–H and O–H groups in total. The number of benzene rings is 1. The van der Waals surface area contributed by atoms with Crippen molar-refractivity contribution in [1.82, 2.24) is 5.32 Å². The van der Waals surface area contributed by atoms with E-state index in [1.807, 2.05) is 19.1 Å². The largest absolute Gasteiger partial charge is 0.496 e. The minimum absolute atomic E-state index is 0.148. The van der Waals surface area contributed by atoms with Crippen LogP contribution in [0.5, 0.6) is 5.75 Å². The minimum atomic E-state index is -0.148. The maximum Gasteiger partial charge on any atom is 0.251 e. The van der Waals surface area contributed by atoms with Gasteiger partial charge in [-0.2, -0.15) is 0 Å². The van der Waals surface area contributed by atoms with Gasteiger partial charge in [-0.15, -0.1) is 0 Å². The van der Waals surface area contributed by atoms with Gasteiger partial charge < -0.3 is 14.5 Å². The van der Waals surface area contributed by atoms with Crippen LogP contribution in [0.2, 0.25) is 0 Å². The van der Waals surface area contributed by atoms with Crippen molar-refractivity contribution in [2.45, 2.75) is 13.5 Å². The van der Waals surface area contributed by atoms with E-state index in [1.54, 1.807) is 31.6 Å². The van der Waals surface area contributed by atoms with Crippen molar-refractivity contribution in [2.75, 3.05) is 7.11 Å². The second-order valence-corrected chi connectivity index (χ2v) is 3.95. The van der Waals surface area contributed by atoms with Crippen LogP contribution in [0.25, 0.3) is 0 Å². The van der Waals surface area contributed by atoms with E-state index >= 15 is 0 Å². The first-order valence-corrected chi connectivity index (χ1v) is 5.66. The van der Waals surface area contributed by atoms with Gasteiger partial charge in [-0.3, -0.25) is 4.79 Å². The van der Waals surface area contributed by atoms with Crippen LogP contribution in [-0.4, -0.2) is 13.0 Å². The molecule has 94 valence electrons. The molecule has 1 amide bonds. The third-order valence-corrected chi connectivity index (χ3v) is 2.67. The van der Waals surface area contributed by atoms with Gasteiger partial charge in [-0.25, -0.2) is 0 Å². The summed E-state index contributed by atoms with van der Waals surface area (Å²) in [6.45, 7) is 2.31. The van der Waals surface area contributed by atoms with Crippen molar-refractivity contribution in [1.29, 1.82) is 0 Å². The molecule has 18 heavy (non-hydrogen) atoms. The fraction of sp³-hybridized carbons (Fsp3) is 0.214. The number of amides is 1. The Morgan fingerprint density at radius 3 is 2.89 bits per heavy atom. The third kappa shape index (κ3) is 2.71. The molecule has 0 saturated carbocycles. The summed E-state index contributed by atoms with van der Waals surface area (Å²) in [6, 6.07) is 8.97. The summed E-state index contributed by atoms with van der Waals surface area (Å²) in [4.78, 5) is 11.9. The van der Waals surface area contributed by atoms with Crippen molar-refractivity contribution in [3.05, 3.63) is 53.5 Å². The number of aryl methyl sites for hydroxylation is 1. The number of ether oxygens (including phenoxy) is 1. The third-order valence-electron chi connectivity index (χ3n) is 2.67. The van der Waals surface area contributed by atoms with Crippen molar-refractivity contribution in [3.63, 3.8) is 0 Å². The van der Waals surface area contributed by atoms with E-state index in [4.69, 9.17) is 9.15 Å². The molecule has 0 aliphatic rings. The topological polar surface area (TPSA) is 51.5 Å². The lowest BCUT2D eigenvalue weighted by Crippen LogP contribution is -2.22. The first-order valence-electron chi connectivity index (χ1n) is 5.66. The number of rotatable bonds is 4. The number of carbonyl (C=O) groups excluding carboxylic acids is 1. The molecule has 0 aliphatic carbocycles. The average molecular weight is 245 g/mol. The predicted octanol–water partition coefficient (Wildman–Crippen LogP) is 2.53. The number of carbonyl (C=O) groups is 1. The Hall–Kier alpha value is -2.23. The first kappa shape index (κ1) is 12.2. The summed E-state index contributed by atoms with van der Waals surface area (Å²) in [5.74, 6) is 1.28. The molecule has 0 bridgehead atoms. The summed E-state index contributed by atoms with van der Waals surface area (Å²) in [7, 11) is 1.59. The molecule has 2 rings (SSSR count). The van der Waals surface area contributed by atoms with Gasteiger partial charge in [0.25, 0.3) is 5.91 Å². The highest BCUT2D eigenvalue weighted by molar-refractivity contribution is 5.94. The maximum atomic E-state index is 11.9. The maximum absolute atomic E-state index is 11.9. The fourth-order valence-electron chi connectivity index (χ4n) is 1.64. The van der Waals surface area contributed by atoms with Crippen LogP contribution in [0.3, 0.4) is 0 Å². The Balaban J connectivity index is 2.04. The quantitative estimate of drug-likeness (QED) is 0.900. The number of furan rings is 1. The zero-order valence-corrected chi connectivity index (χ0v) is 10.4. The van der Waals surface area contributed by atoms with Crippen LogP contribution in [-0.2, 0) is 6.54 Å². The zero-order valence-electron chi connectivity index (χ0n) is 10.4. The van der Waals surface area contributed by atoms with Crippen LogP contribution < -0.4 is 10.1 Å². The Kier molecular flexibility index (Phi) is 3.67. The van der Waals surface area contributed by atoms with Gasteiger partial charge in [0.1, 0.15) is 11.5 Å². The fourth-order valence-corrected chi connectivity index (χ4v) is 1.64. The highest BCUT2D eigenvalue weighted by Gasteiger charge is 2.08. The van der Waals surface area contributed by atoms with E-state index in [0.717, 1.165) is 11.3 Å². The van der Waals surface area contributed by atoms with Crippen LogP contribution in [0.1, 0.15) is 21.7 Å². The molecule has 4 heteroatoms. The van der Waals surface area contributed by atoms with Crippen molar-refractivity contribution < 1.29 is 13.9 Å². The normalized spacial score (nSPS) is 10.1. The Bertz CT molecular complexity index is 532. The molecular formula is C14H15NO3. The number of hydrogen-bond acceptors (Lipinski definition) is 3. The summed E-state index contributed by atoms with van der Waals surface area (Å²) in [6.07, 6.45) is 1.58. The molecule has 1 aromatic heterocycles. The van der Waals surface area contributed by atoms with E-state index in [2.05, 4.69) is 5.32 Å². The Morgan fingerprint density at radius 2 is 2.22 bits per heavy atom. The monoisotopic (exact) mass is 245 g/mol. The molecule has 0 unspecified atom stereocenters. The second-order valence-electron chi connectivity index (χ2n) is 3.95. The zero-order chi connectivity index (χ0) is 13.0. The Morgan fingerprint density at radius 1 is 1.39 bits per heavy atom. The summed E-state index contributed by atoms with van der Waals surface area (Å²) < 4.78 is 10.3. The van der Waals surface area contributed by atoms with Gasteiger partial charge in [0, 0.05) is 5.56 Å².